The number of nitrogens with one attached hydrogen (secondary N) is 2. The number of aromatic nitrogens is 1. The van der Waals surface area contributed by atoms with Crippen LogP contribution in [0.5, 0.6) is 0 Å². The van der Waals surface area contributed by atoms with E-state index in [0.29, 0.717) is 12.8 Å². The van der Waals surface area contributed by atoms with Crippen molar-refractivity contribution in [3.63, 3.8) is 0 Å². The highest BCUT2D eigenvalue weighted by Crippen LogP contribution is 2.19. The van der Waals surface area contributed by atoms with Gasteiger partial charge in [0.25, 0.3) is 0 Å². The molecule has 1 amide bonds. The summed E-state index contributed by atoms with van der Waals surface area (Å²) in [4.78, 5) is 26.3. The Bertz CT molecular complexity index is 827. The number of ether oxygens (including phenoxy) is 1. The van der Waals surface area contributed by atoms with Gasteiger partial charge >= 0.3 is 5.97 Å². The normalized spacial score (nSPS) is 11.8. The Morgan fingerprint density at radius 2 is 1.88 bits per heavy atom. The maximum Gasteiger partial charge on any atom is 0.329 e. The van der Waals surface area contributed by atoms with Crippen molar-refractivity contribution in [2.75, 3.05) is 0 Å². The van der Waals surface area contributed by atoms with E-state index in [1.54, 1.807) is 0 Å². The van der Waals surface area contributed by atoms with Crippen LogP contribution >= 0.6 is 0 Å². The molecule has 1 heterocycles. The predicted octanol–water partition coefficient (Wildman–Crippen LogP) is 2.57. The third-order valence-electron chi connectivity index (χ3n) is 3.88. The first-order chi connectivity index (χ1) is 11.8. The van der Waals surface area contributed by atoms with Crippen LogP contribution in [-0.2, 0) is 27.4 Å². The molecule has 0 aliphatic heterocycles. The van der Waals surface area contributed by atoms with Crippen LogP contribution in [0.2, 0.25) is 0 Å². The van der Waals surface area contributed by atoms with Crippen molar-refractivity contribution in [3.8, 4) is 0 Å². The summed E-state index contributed by atoms with van der Waals surface area (Å²) in [6, 6.07) is 16.6. The first-order valence-corrected chi connectivity index (χ1v) is 7.73. The molecule has 2 aromatic carbocycles. The van der Waals surface area contributed by atoms with Gasteiger partial charge in [-0.15, -0.1) is 0 Å². The van der Waals surface area contributed by atoms with Crippen LogP contribution in [0.1, 0.15) is 11.1 Å². The molecule has 0 radical (unpaired) electrons. The second kappa shape index (κ2) is 7.46. The van der Waals surface area contributed by atoms with Crippen LogP contribution in [-0.4, -0.2) is 23.4 Å². The maximum atomic E-state index is 12.3. The maximum absolute atomic E-state index is 12.3. The number of para-hydroxylation sites is 1. The zero-order chi connectivity index (χ0) is 16.8. The van der Waals surface area contributed by atoms with Crippen molar-refractivity contribution < 1.29 is 14.3 Å². The van der Waals surface area contributed by atoms with Gasteiger partial charge in [0.05, 0.1) is 0 Å². The van der Waals surface area contributed by atoms with Crippen molar-refractivity contribution >= 4 is 23.3 Å². The first kappa shape index (κ1) is 15.8. The quantitative estimate of drug-likeness (QED) is 0.519. The lowest BCUT2D eigenvalue weighted by atomic mass is 10.1. The minimum atomic E-state index is -0.717. The number of carbonyl (C=O) groups excluding carboxylic acids is 2. The van der Waals surface area contributed by atoms with Gasteiger partial charge in [-0.05, 0) is 17.2 Å². The van der Waals surface area contributed by atoms with Crippen LogP contribution < -0.4 is 5.32 Å². The summed E-state index contributed by atoms with van der Waals surface area (Å²) < 4.78 is 5.33. The summed E-state index contributed by atoms with van der Waals surface area (Å²) in [7, 11) is 0. The van der Waals surface area contributed by atoms with E-state index in [1.165, 1.54) is 0 Å². The van der Waals surface area contributed by atoms with E-state index in [0.717, 1.165) is 22.0 Å². The van der Waals surface area contributed by atoms with Gasteiger partial charge in [-0.1, -0.05) is 48.5 Å². The fourth-order valence-corrected chi connectivity index (χ4v) is 2.64. The molecule has 0 aliphatic rings. The Morgan fingerprint density at radius 1 is 1.12 bits per heavy atom. The molecule has 1 unspecified atom stereocenters. The highest BCUT2D eigenvalue weighted by atomic mass is 16.5. The molecule has 0 aliphatic carbocycles. The molecule has 5 heteroatoms. The van der Waals surface area contributed by atoms with Crippen molar-refractivity contribution in [2.45, 2.75) is 19.1 Å². The number of carbonyl (C=O) groups is 2. The third kappa shape index (κ3) is 3.63. The predicted molar refractivity (Wildman–Crippen MR) is 91.2 cm³/mol. The molecule has 1 atom stereocenters. The summed E-state index contributed by atoms with van der Waals surface area (Å²) in [6.07, 6.45) is 2.76. The van der Waals surface area contributed by atoms with Crippen molar-refractivity contribution in [2.24, 2.45) is 0 Å². The number of aromatic amines is 1. The van der Waals surface area contributed by atoms with E-state index in [9.17, 15) is 9.59 Å². The average molecular weight is 322 g/mol. The van der Waals surface area contributed by atoms with Crippen LogP contribution in [0.3, 0.4) is 0 Å². The van der Waals surface area contributed by atoms with Crippen molar-refractivity contribution in [1.82, 2.24) is 10.3 Å². The van der Waals surface area contributed by atoms with Gasteiger partial charge in [-0.25, -0.2) is 4.79 Å². The van der Waals surface area contributed by atoms with Gasteiger partial charge in [-0.3, -0.25) is 4.79 Å². The summed E-state index contributed by atoms with van der Waals surface area (Å²) in [6.45, 7) is 0.185. The molecule has 1 aromatic heterocycles. The number of H-pyrrole nitrogens is 1. The number of esters is 1. The summed E-state index contributed by atoms with van der Waals surface area (Å²) >= 11 is 0. The van der Waals surface area contributed by atoms with Gasteiger partial charge in [-0.2, -0.15) is 0 Å². The minimum Gasteiger partial charge on any atom is -0.459 e. The summed E-state index contributed by atoms with van der Waals surface area (Å²) in [5.74, 6) is -0.448. The van der Waals surface area contributed by atoms with Crippen molar-refractivity contribution in [3.05, 3.63) is 71.9 Å². The number of hydrogen-bond acceptors (Lipinski definition) is 3. The zero-order valence-electron chi connectivity index (χ0n) is 13.1. The van der Waals surface area contributed by atoms with Crippen LogP contribution in [0.15, 0.2) is 60.8 Å². The van der Waals surface area contributed by atoms with E-state index >= 15 is 0 Å². The molecule has 0 spiro atoms. The zero-order valence-corrected chi connectivity index (χ0v) is 13.1. The molecule has 5 nitrogen and oxygen atoms in total. The third-order valence-corrected chi connectivity index (χ3v) is 3.88. The molecular formula is C19H18N2O3. The van der Waals surface area contributed by atoms with Crippen LogP contribution in [0.25, 0.3) is 10.9 Å². The Hall–Kier alpha value is -3.08. The van der Waals surface area contributed by atoms with Crippen molar-refractivity contribution in [1.29, 1.82) is 0 Å². The highest BCUT2D eigenvalue weighted by molar-refractivity contribution is 5.85. The summed E-state index contributed by atoms with van der Waals surface area (Å²) in [5.41, 5.74) is 2.86. The van der Waals surface area contributed by atoms with E-state index in [2.05, 4.69) is 10.3 Å². The number of benzene rings is 2. The molecule has 0 fully saturated rings. The SMILES string of the molecule is O=CNC(Cc1c[nH]c2ccccc12)C(=O)OCc1ccccc1. The fourth-order valence-electron chi connectivity index (χ4n) is 2.64. The smallest absolute Gasteiger partial charge is 0.329 e. The van der Waals surface area contributed by atoms with Gasteiger partial charge in [0, 0.05) is 23.5 Å². The van der Waals surface area contributed by atoms with E-state index in [-0.39, 0.29) is 6.61 Å². The summed E-state index contributed by atoms with van der Waals surface area (Å²) in [5, 5.41) is 3.59. The minimum absolute atomic E-state index is 0.185. The van der Waals surface area contributed by atoms with E-state index in [1.807, 2.05) is 60.8 Å². The monoisotopic (exact) mass is 322 g/mol. The Morgan fingerprint density at radius 3 is 2.67 bits per heavy atom. The molecule has 3 aromatic rings. The average Bonchev–Trinajstić information content (AvgIpc) is 3.03. The standard InChI is InChI=1S/C19H18N2O3/c22-13-21-18(19(23)24-12-14-6-2-1-3-7-14)10-15-11-20-17-9-5-4-8-16(15)17/h1-9,11,13,18,20H,10,12H2,(H,21,22). The lowest BCUT2D eigenvalue weighted by Gasteiger charge is -2.15. The molecule has 0 saturated carbocycles. The molecule has 122 valence electrons. The van der Waals surface area contributed by atoms with Crippen LogP contribution in [0, 0.1) is 0 Å². The largest absolute Gasteiger partial charge is 0.459 e. The number of hydrogen-bond donors (Lipinski definition) is 2. The molecular weight excluding hydrogens is 304 g/mol. The van der Waals surface area contributed by atoms with Crippen LogP contribution in [0.4, 0.5) is 0 Å². The molecule has 2 N–H and O–H groups in total. The van der Waals surface area contributed by atoms with Gasteiger partial charge in [0.15, 0.2) is 0 Å². The second-order valence-corrected chi connectivity index (χ2v) is 5.49. The number of fused-ring (bicyclic) bond motifs is 1. The molecule has 0 saturated heterocycles. The fraction of sp³-hybridized carbons (Fsp3) is 0.158. The van der Waals surface area contributed by atoms with Gasteiger partial charge < -0.3 is 15.0 Å². The lowest BCUT2D eigenvalue weighted by Crippen LogP contribution is -2.39. The molecule has 3 rings (SSSR count). The highest BCUT2D eigenvalue weighted by Gasteiger charge is 2.21. The molecule has 0 bridgehead atoms. The van der Waals surface area contributed by atoms with E-state index < -0.39 is 12.0 Å². The number of rotatable bonds is 7. The van der Waals surface area contributed by atoms with Gasteiger partial charge in [0.1, 0.15) is 12.6 Å². The Labute approximate surface area is 139 Å². The number of amides is 1. The second-order valence-electron chi connectivity index (χ2n) is 5.49. The van der Waals surface area contributed by atoms with E-state index in [4.69, 9.17) is 4.74 Å². The topological polar surface area (TPSA) is 71.2 Å². The lowest BCUT2D eigenvalue weighted by molar-refractivity contribution is -0.148. The first-order valence-electron chi connectivity index (χ1n) is 7.73. The molecule has 24 heavy (non-hydrogen) atoms. The Balaban J connectivity index is 1.69. The Kier molecular flexibility index (Phi) is 4.91. The van der Waals surface area contributed by atoms with Gasteiger partial charge in [0.2, 0.25) is 6.41 Å².